The molecule has 0 aliphatic carbocycles. The molecule has 14 nitrogen and oxygen atoms in total. The Hall–Kier alpha value is -1.17. The fourth-order valence-corrected chi connectivity index (χ4v) is 3.31. The Morgan fingerprint density at radius 2 is 1.83 bits per heavy atom. The van der Waals surface area contributed by atoms with Gasteiger partial charge in [-0.2, -0.15) is 0 Å². The van der Waals surface area contributed by atoms with E-state index in [0.29, 0.717) is 32.5 Å². The number of hydrogen-bond donors (Lipinski definition) is 6. The van der Waals surface area contributed by atoms with E-state index in [4.69, 9.17) is 24.2 Å². The molecule has 4 unspecified atom stereocenters. The van der Waals surface area contributed by atoms with Gasteiger partial charge in [0.1, 0.15) is 24.3 Å². The van der Waals surface area contributed by atoms with Gasteiger partial charge in [0.2, 0.25) is 11.7 Å². The third-order valence-electron chi connectivity index (χ3n) is 5.08. The average molecular weight is 531 g/mol. The van der Waals surface area contributed by atoms with Crippen molar-refractivity contribution in [3.05, 3.63) is 12.7 Å². The van der Waals surface area contributed by atoms with Crippen LogP contribution in [0.25, 0.3) is 0 Å². The fraction of sp³-hybridized carbons (Fsp3) is 0.762. The number of nitrogens with one attached hydrogen (secondary N) is 2. The van der Waals surface area contributed by atoms with E-state index >= 15 is 0 Å². The van der Waals surface area contributed by atoms with Gasteiger partial charge in [0.25, 0.3) is 5.91 Å². The predicted molar refractivity (Wildman–Crippen MR) is 115 cm³/mol. The zero-order valence-corrected chi connectivity index (χ0v) is 22.6. The van der Waals surface area contributed by atoms with Crippen molar-refractivity contribution in [3.63, 3.8) is 0 Å². The van der Waals surface area contributed by atoms with Crippen LogP contribution in [0.4, 0.5) is 0 Å². The number of carbonyl (C=O) groups is 3. The maximum absolute atomic E-state index is 11.9. The zero-order valence-electron chi connectivity index (χ0n) is 20.6. The molecular formula is C21H35N2NaO12. The molecule has 0 spiro atoms. The topological polar surface area (TPSA) is 216 Å². The first-order chi connectivity index (χ1) is 16.6. The van der Waals surface area contributed by atoms with Crippen LogP contribution in [-0.4, -0.2) is 107 Å². The van der Waals surface area contributed by atoms with Crippen molar-refractivity contribution in [2.45, 2.75) is 68.9 Å². The molecule has 1 aliphatic heterocycles. The van der Waals surface area contributed by atoms with E-state index in [1.807, 2.05) is 0 Å². The van der Waals surface area contributed by atoms with E-state index < -0.39 is 67.1 Å². The van der Waals surface area contributed by atoms with Crippen molar-refractivity contribution in [1.29, 1.82) is 0 Å². The second kappa shape index (κ2) is 18.1. The number of hydroxylamine groups is 1. The predicted octanol–water partition coefficient (Wildman–Crippen LogP) is -6.76. The molecular weight excluding hydrogens is 495 g/mol. The maximum Gasteiger partial charge on any atom is 1.00 e. The van der Waals surface area contributed by atoms with Gasteiger partial charge < -0.3 is 49.9 Å². The Kier molecular flexibility index (Phi) is 17.6. The Morgan fingerprint density at radius 1 is 1.19 bits per heavy atom. The molecule has 6 N–H and O–H groups in total. The molecule has 0 aromatic carbocycles. The molecule has 6 atom stereocenters. The van der Waals surface area contributed by atoms with E-state index in [2.05, 4.69) is 17.4 Å². The molecule has 0 bridgehead atoms. The molecule has 202 valence electrons. The van der Waals surface area contributed by atoms with E-state index in [1.54, 1.807) is 0 Å². The SMILES string of the molecule is C=CC(=O)NOCCCOCCCCOC1(C(=O)[O-])CC(O)C(NC(C)=O)C([C@@H](O)[C@H](O)CO)O1.[Na+]. The Balaban J connectivity index is 0.0000122. The van der Waals surface area contributed by atoms with Gasteiger partial charge in [0.05, 0.1) is 32.0 Å². The number of ether oxygens (including phenoxy) is 3. The summed E-state index contributed by atoms with van der Waals surface area (Å²) in [5.74, 6) is -5.31. The molecule has 1 fully saturated rings. The number of aliphatic carboxylic acids is 1. The average Bonchev–Trinajstić information content (AvgIpc) is 2.82. The van der Waals surface area contributed by atoms with Crippen molar-refractivity contribution >= 4 is 17.8 Å². The summed E-state index contributed by atoms with van der Waals surface area (Å²) in [6.07, 6.45) is -4.92. The molecule has 1 rings (SSSR count). The largest absolute Gasteiger partial charge is 1.00 e. The molecule has 1 heterocycles. The third-order valence-corrected chi connectivity index (χ3v) is 5.08. The van der Waals surface area contributed by atoms with Gasteiger partial charge in [-0.05, 0) is 25.3 Å². The van der Waals surface area contributed by atoms with Gasteiger partial charge in [-0.1, -0.05) is 6.58 Å². The van der Waals surface area contributed by atoms with E-state index in [9.17, 15) is 34.8 Å². The summed E-state index contributed by atoms with van der Waals surface area (Å²) in [6.45, 7) is 4.36. The number of carboxylic acids is 1. The Bertz CT molecular complexity index is 700. The number of hydrogen-bond acceptors (Lipinski definition) is 12. The quantitative estimate of drug-likeness (QED) is 0.0448. The zero-order chi connectivity index (χ0) is 26.4. The van der Waals surface area contributed by atoms with E-state index in [-0.39, 0.29) is 42.8 Å². The number of aliphatic hydroxyl groups is 4. The molecule has 36 heavy (non-hydrogen) atoms. The number of carboxylic acid groups (broad SMARTS) is 1. The van der Waals surface area contributed by atoms with Crippen LogP contribution >= 0.6 is 0 Å². The van der Waals surface area contributed by atoms with Crippen molar-refractivity contribution < 1.29 is 88.5 Å². The maximum atomic E-state index is 11.9. The van der Waals surface area contributed by atoms with Crippen LogP contribution in [0.3, 0.4) is 0 Å². The molecule has 0 aromatic heterocycles. The minimum absolute atomic E-state index is 0. The van der Waals surface area contributed by atoms with E-state index in [0.717, 1.165) is 13.0 Å². The van der Waals surface area contributed by atoms with Gasteiger partial charge in [-0.3, -0.25) is 14.4 Å². The molecule has 2 amide bonds. The number of amides is 2. The minimum Gasteiger partial charge on any atom is -0.544 e. The number of aliphatic hydroxyl groups excluding tert-OH is 4. The van der Waals surface area contributed by atoms with E-state index in [1.165, 1.54) is 0 Å². The third kappa shape index (κ3) is 11.5. The summed E-state index contributed by atoms with van der Waals surface area (Å²) in [7, 11) is 0. The number of rotatable bonds is 17. The van der Waals surface area contributed by atoms with Crippen molar-refractivity contribution in [2.24, 2.45) is 0 Å². The Morgan fingerprint density at radius 3 is 2.42 bits per heavy atom. The molecule has 15 heteroatoms. The van der Waals surface area contributed by atoms with Crippen LogP contribution in [0, 0.1) is 0 Å². The number of unbranched alkanes of at least 4 members (excludes halogenated alkanes) is 1. The summed E-state index contributed by atoms with van der Waals surface area (Å²) in [6, 6.07) is -1.28. The first-order valence-corrected chi connectivity index (χ1v) is 11.1. The Labute approximate surface area is 231 Å². The monoisotopic (exact) mass is 530 g/mol. The van der Waals surface area contributed by atoms with Crippen LogP contribution in [0.1, 0.15) is 32.6 Å². The minimum atomic E-state index is -2.46. The first-order valence-electron chi connectivity index (χ1n) is 11.1. The second-order valence-corrected chi connectivity index (χ2v) is 7.90. The second-order valence-electron chi connectivity index (χ2n) is 7.90. The fourth-order valence-electron chi connectivity index (χ4n) is 3.31. The van der Waals surface area contributed by atoms with Gasteiger partial charge in [-0.25, -0.2) is 5.48 Å². The van der Waals surface area contributed by atoms with Crippen LogP contribution in [0.5, 0.6) is 0 Å². The standard InChI is InChI=1S/C21H36N2O12.Na/c1-3-16(28)23-34-10-6-8-32-7-4-5-9-33-21(20(30)31)11-14(26)17(22-13(2)25)19(35-21)18(29)15(27)12-24;/h3,14-15,17-19,24,26-27,29H,1,4-12H2,2H3,(H,22,25)(H,23,28)(H,30,31);/q;+1/p-1/t14?,15-,17?,18+,19?,21?;/m1./s1. The summed E-state index contributed by atoms with van der Waals surface area (Å²) in [5, 5.41) is 54.0. The van der Waals surface area contributed by atoms with Gasteiger partial charge >= 0.3 is 29.6 Å². The smallest absolute Gasteiger partial charge is 0.544 e. The van der Waals surface area contributed by atoms with Crippen molar-refractivity contribution in [3.8, 4) is 0 Å². The number of carbonyl (C=O) groups excluding carboxylic acids is 3. The van der Waals surface area contributed by atoms with Crippen LogP contribution < -0.4 is 45.5 Å². The summed E-state index contributed by atoms with van der Waals surface area (Å²) in [5.41, 5.74) is 2.15. The molecule has 0 saturated carbocycles. The summed E-state index contributed by atoms with van der Waals surface area (Å²) >= 11 is 0. The summed E-state index contributed by atoms with van der Waals surface area (Å²) < 4.78 is 16.3. The normalized spacial score (nSPS) is 25.2. The van der Waals surface area contributed by atoms with Gasteiger partial charge in [-0.15, -0.1) is 0 Å². The molecule has 0 aromatic rings. The van der Waals surface area contributed by atoms with Crippen LogP contribution in [0.2, 0.25) is 0 Å². The van der Waals surface area contributed by atoms with Gasteiger partial charge in [0.15, 0.2) is 0 Å². The first kappa shape index (κ1) is 34.8. The molecule has 1 saturated heterocycles. The van der Waals surface area contributed by atoms with Crippen molar-refractivity contribution in [2.75, 3.05) is 33.0 Å². The van der Waals surface area contributed by atoms with Crippen LogP contribution in [-0.2, 0) is 33.4 Å². The van der Waals surface area contributed by atoms with Crippen molar-refractivity contribution in [1.82, 2.24) is 10.8 Å². The summed E-state index contributed by atoms with van der Waals surface area (Å²) in [4.78, 5) is 39.2. The van der Waals surface area contributed by atoms with Crippen LogP contribution in [0.15, 0.2) is 12.7 Å². The van der Waals surface area contributed by atoms with Gasteiger partial charge in [0, 0.05) is 26.6 Å². The molecule has 0 radical (unpaired) electrons. The molecule has 1 aliphatic rings.